The van der Waals surface area contributed by atoms with Gasteiger partial charge in [0.15, 0.2) is 0 Å². The van der Waals surface area contributed by atoms with Crippen LogP contribution in [-0.2, 0) is 0 Å². The van der Waals surface area contributed by atoms with Crippen molar-refractivity contribution >= 4 is 22.5 Å². The summed E-state index contributed by atoms with van der Waals surface area (Å²) in [6.07, 6.45) is 0. The van der Waals surface area contributed by atoms with Crippen molar-refractivity contribution < 1.29 is 9.47 Å². The highest BCUT2D eigenvalue weighted by atomic mass is 33.1. The SMILES string of the molecule is COc1cc(OC(C)(C)C)ccc1SS. The molecule has 0 N–H and O–H groups in total. The van der Waals surface area contributed by atoms with E-state index in [1.165, 1.54) is 10.8 Å². The van der Waals surface area contributed by atoms with Crippen LogP contribution in [0, 0.1) is 0 Å². The quantitative estimate of drug-likeness (QED) is 0.644. The van der Waals surface area contributed by atoms with E-state index in [-0.39, 0.29) is 5.60 Å². The number of methoxy groups -OCH3 is 1. The number of ether oxygens (including phenoxy) is 2. The highest BCUT2D eigenvalue weighted by molar-refractivity contribution is 8.68. The summed E-state index contributed by atoms with van der Waals surface area (Å²) in [7, 11) is 3.00. The van der Waals surface area contributed by atoms with E-state index in [0.717, 1.165) is 16.4 Å². The average molecular weight is 244 g/mol. The molecule has 0 aliphatic rings. The van der Waals surface area contributed by atoms with E-state index in [4.69, 9.17) is 9.47 Å². The summed E-state index contributed by atoms with van der Waals surface area (Å²) in [5, 5.41) is 0. The van der Waals surface area contributed by atoms with Crippen LogP contribution in [0.3, 0.4) is 0 Å². The fourth-order valence-corrected chi connectivity index (χ4v) is 1.95. The Bertz CT molecular complexity index is 332. The Balaban J connectivity index is 2.93. The predicted octanol–water partition coefficient (Wildman–Crippen LogP) is 3.81. The number of thiol groups is 1. The zero-order valence-electron chi connectivity index (χ0n) is 9.40. The maximum atomic E-state index is 5.73. The highest BCUT2D eigenvalue weighted by Gasteiger charge is 2.13. The molecule has 0 heterocycles. The van der Waals surface area contributed by atoms with E-state index in [2.05, 4.69) is 11.7 Å². The van der Waals surface area contributed by atoms with Crippen LogP contribution in [0.15, 0.2) is 23.1 Å². The highest BCUT2D eigenvalue weighted by Crippen LogP contribution is 2.35. The van der Waals surface area contributed by atoms with Gasteiger partial charge in [0.1, 0.15) is 17.1 Å². The number of benzene rings is 1. The molecule has 0 bridgehead atoms. The first-order valence-electron chi connectivity index (χ1n) is 4.65. The first kappa shape index (κ1) is 12.6. The van der Waals surface area contributed by atoms with Crippen molar-refractivity contribution in [2.75, 3.05) is 7.11 Å². The maximum absolute atomic E-state index is 5.73. The zero-order valence-corrected chi connectivity index (χ0v) is 11.1. The van der Waals surface area contributed by atoms with E-state index in [0.29, 0.717) is 0 Å². The topological polar surface area (TPSA) is 18.5 Å². The lowest BCUT2D eigenvalue weighted by Gasteiger charge is -2.21. The summed E-state index contributed by atoms with van der Waals surface area (Å²) in [6.45, 7) is 6.04. The standard InChI is InChI=1S/C11H16O2S2/c1-11(2,3)13-8-5-6-10(15-14)9(7-8)12-4/h5-7,14H,1-4H3. The van der Waals surface area contributed by atoms with Gasteiger partial charge in [-0.15, -0.1) is 11.7 Å². The van der Waals surface area contributed by atoms with Gasteiger partial charge in [-0.3, -0.25) is 0 Å². The van der Waals surface area contributed by atoms with E-state index in [1.54, 1.807) is 7.11 Å². The predicted molar refractivity (Wildman–Crippen MR) is 68.2 cm³/mol. The Morgan fingerprint density at radius 1 is 1.27 bits per heavy atom. The van der Waals surface area contributed by atoms with Crippen molar-refractivity contribution in [3.63, 3.8) is 0 Å². The molecule has 4 heteroatoms. The Hall–Kier alpha value is -0.480. The maximum Gasteiger partial charge on any atom is 0.136 e. The van der Waals surface area contributed by atoms with Crippen LogP contribution in [0.2, 0.25) is 0 Å². The molecule has 0 saturated carbocycles. The van der Waals surface area contributed by atoms with Crippen molar-refractivity contribution in [1.29, 1.82) is 0 Å². The molecule has 0 atom stereocenters. The minimum atomic E-state index is -0.194. The molecule has 15 heavy (non-hydrogen) atoms. The van der Waals surface area contributed by atoms with Gasteiger partial charge in [0.25, 0.3) is 0 Å². The second-order valence-electron chi connectivity index (χ2n) is 4.12. The molecule has 0 aliphatic carbocycles. The second kappa shape index (κ2) is 5.03. The Morgan fingerprint density at radius 2 is 1.93 bits per heavy atom. The van der Waals surface area contributed by atoms with Crippen LogP contribution in [-0.4, -0.2) is 12.7 Å². The van der Waals surface area contributed by atoms with E-state index in [1.807, 2.05) is 39.0 Å². The Kier molecular flexibility index (Phi) is 4.22. The van der Waals surface area contributed by atoms with Crippen LogP contribution >= 0.6 is 22.5 Å². The summed E-state index contributed by atoms with van der Waals surface area (Å²) in [4.78, 5) is 0.988. The number of rotatable bonds is 3. The van der Waals surface area contributed by atoms with Gasteiger partial charge < -0.3 is 9.47 Å². The third-order valence-electron chi connectivity index (χ3n) is 1.66. The lowest BCUT2D eigenvalue weighted by Crippen LogP contribution is -2.22. The lowest BCUT2D eigenvalue weighted by molar-refractivity contribution is 0.130. The van der Waals surface area contributed by atoms with Crippen LogP contribution in [0.1, 0.15) is 20.8 Å². The smallest absolute Gasteiger partial charge is 0.136 e. The molecule has 0 aromatic heterocycles. The van der Waals surface area contributed by atoms with Gasteiger partial charge in [0.05, 0.1) is 12.0 Å². The van der Waals surface area contributed by atoms with Gasteiger partial charge in [0, 0.05) is 6.07 Å². The molecule has 1 aromatic rings. The fourth-order valence-electron chi connectivity index (χ4n) is 1.14. The van der Waals surface area contributed by atoms with Crippen LogP contribution in [0.5, 0.6) is 11.5 Å². The van der Waals surface area contributed by atoms with E-state index in [9.17, 15) is 0 Å². The van der Waals surface area contributed by atoms with Gasteiger partial charge >= 0.3 is 0 Å². The molecule has 0 saturated heterocycles. The molecule has 0 aliphatic heterocycles. The van der Waals surface area contributed by atoms with Crippen LogP contribution in [0.4, 0.5) is 0 Å². The van der Waals surface area contributed by atoms with Crippen LogP contribution < -0.4 is 9.47 Å². The number of hydrogen-bond donors (Lipinski definition) is 1. The summed E-state index contributed by atoms with van der Waals surface area (Å²) in [5.41, 5.74) is -0.194. The van der Waals surface area contributed by atoms with Crippen LogP contribution in [0.25, 0.3) is 0 Å². The van der Waals surface area contributed by atoms with Crippen molar-refractivity contribution in [3.8, 4) is 11.5 Å². The molecule has 2 nitrogen and oxygen atoms in total. The van der Waals surface area contributed by atoms with Gasteiger partial charge in [-0.25, -0.2) is 0 Å². The van der Waals surface area contributed by atoms with Gasteiger partial charge in [-0.2, -0.15) is 0 Å². The van der Waals surface area contributed by atoms with Gasteiger partial charge in [-0.1, -0.05) is 10.8 Å². The largest absolute Gasteiger partial charge is 0.495 e. The van der Waals surface area contributed by atoms with Gasteiger partial charge in [-0.05, 0) is 32.9 Å². The Labute approximate surface area is 100 Å². The van der Waals surface area contributed by atoms with Crippen molar-refractivity contribution in [2.24, 2.45) is 0 Å². The third kappa shape index (κ3) is 3.87. The Morgan fingerprint density at radius 3 is 2.40 bits per heavy atom. The molecule has 0 radical (unpaired) electrons. The lowest BCUT2D eigenvalue weighted by atomic mass is 10.2. The normalized spacial score (nSPS) is 11.3. The van der Waals surface area contributed by atoms with Crippen molar-refractivity contribution in [1.82, 2.24) is 0 Å². The minimum absolute atomic E-state index is 0.194. The van der Waals surface area contributed by atoms with Crippen molar-refractivity contribution in [3.05, 3.63) is 18.2 Å². The fraction of sp³-hybridized carbons (Fsp3) is 0.455. The minimum Gasteiger partial charge on any atom is -0.495 e. The molecule has 84 valence electrons. The van der Waals surface area contributed by atoms with Gasteiger partial charge in [0.2, 0.25) is 0 Å². The molecule has 0 unspecified atom stereocenters. The first-order chi connectivity index (χ1) is 6.96. The average Bonchev–Trinajstić information content (AvgIpc) is 2.15. The monoisotopic (exact) mass is 244 g/mol. The summed E-state index contributed by atoms with van der Waals surface area (Å²) in [6, 6.07) is 5.74. The summed E-state index contributed by atoms with van der Waals surface area (Å²) >= 11 is 4.15. The van der Waals surface area contributed by atoms with E-state index < -0.39 is 0 Å². The molecule has 0 spiro atoms. The third-order valence-corrected chi connectivity index (χ3v) is 2.78. The summed E-state index contributed by atoms with van der Waals surface area (Å²) < 4.78 is 11.0. The zero-order chi connectivity index (χ0) is 11.5. The molecular formula is C11H16O2S2. The second-order valence-corrected chi connectivity index (χ2v) is 5.29. The molecule has 1 rings (SSSR count). The molecular weight excluding hydrogens is 228 g/mol. The summed E-state index contributed by atoms with van der Waals surface area (Å²) in [5.74, 6) is 1.60. The first-order valence-corrected chi connectivity index (χ1v) is 6.51. The molecule has 1 aromatic carbocycles. The van der Waals surface area contributed by atoms with Crippen molar-refractivity contribution in [2.45, 2.75) is 31.3 Å². The molecule has 0 fully saturated rings. The van der Waals surface area contributed by atoms with E-state index >= 15 is 0 Å². The number of hydrogen-bond acceptors (Lipinski definition) is 4. The molecule has 0 amide bonds.